The molecule has 1 N–H and O–H groups in total. The Bertz CT molecular complexity index is 716. The fourth-order valence-electron chi connectivity index (χ4n) is 1.94. The second-order valence-corrected chi connectivity index (χ2v) is 7.02. The first-order valence-corrected chi connectivity index (χ1v) is 8.54. The maximum Gasteiger partial charge on any atom is 0.329 e. The largest absolute Gasteiger partial charge is 0.457 e. The zero-order valence-corrected chi connectivity index (χ0v) is 15.1. The number of halogens is 1. The van der Waals surface area contributed by atoms with Gasteiger partial charge in [-0.2, -0.15) is 0 Å². The third-order valence-corrected chi connectivity index (χ3v) is 4.37. The molecule has 0 fully saturated rings. The number of hydrogen-bond donors (Lipinski definition) is 1. The van der Waals surface area contributed by atoms with Crippen molar-refractivity contribution in [2.24, 2.45) is 5.92 Å². The van der Waals surface area contributed by atoms with Crippen LogP contribution in [0.3, 0.4) is 0 Å². The Morgan fingerprint density at radius 2 is 1.96 bits per heavy atom. The molecule has 1 unspecified atom stereocenters. The monoisotopic (exact) mass is 367 g/mol. The van der Waals surface area contributed by atoms with Crippen molar-refractivity contribution in [3.63, 3.8) is 0 Å². The molecule has 128 valence electrons. The Hall–Kier alpha value is -1.99. The Balaban J connectivity index is 2.00. The Kier molecular flexibility index (Phi) is 6.28. The molecule has 1 aromatic heterocycles. The van der Waals surface area contributed by atoms with E-state index in [0.717, 1.165) is 17.1 Å². The lowest BCUT2D eigenvalue weighted by molar-refractivity contribution is -0.148. The summed E-state index contributed by atoms with van der Waals surface area (Å²) in [7, 11) is 0. The van der Waals surface area contributed by atoms with Crippen molar-refractivity contribution in [1.82, 2.24) is 14.9 Å². The van der Waals surface area contributed by atoms with Crippen LogP contribution in [0.15, 0.2) is 24.3 Å². The van der Waals surface area contributed by atoms with Crippen LogP contribution in [-0.2, 0) is 16.1 Å². The summed E-state index contributed by atoms with van der Waals surface area (Å²) in [5.74, 6) is -0.982. The number of ether oxygens (including phenoxy) is 1. The number of carbonyl (C=O) groups excluding carboxylic acids is 2. The number of benzene rings is 1. The molecule has 0 bridgehead atoms. The van der Waals surface area contributed by atoms with E-state index < -0.39 is 12.0 Å². The van der Waals surface area contributed by atoms with Crippen molar-refractivity contribution in [2.75, 3.05) is 0 Å². The molecule has 0 saturated carbocycles. The van der Waals surface area contributed by atoms with E-state index in [2.05, 4.69) is 14.9 Å². The van der Waals surface area contributed by atoms with Gasteiger partial charge in [-0.15, -0.1) is 5.10 Å². The van der Waals surface area contributed by atoms with Crippen LogP contribution in [0.4, 0.5) is 0 Å². The second-order valence-electron chi connectivity index (χ2n) is 5.66. The number of nitrogens with one attached hydrogen (secondary N) is 1. The highest BCUT2D eigenvalue weighted by molar-refractivity contribution is 7.10. The minimum atomic E-state index is -0.760. The molecule has 1 amide bonds. The average Bonchev–Trinajstić information content (AvgIpc) is 2.95. The smallest absolute Gasteiger partial charge is 0.329 e. The van der Waals surface area contributed by atoms with E-state index in [1.165, 1.54) is 0 Å². The highest BCUT2D eigenvalue weighted by Gasteiger charge is 2.26. The Labute approximate surface area is 149 Å². The summed E-state index contributed by atoms with van der Waals surface area (Å²) < 4.78 is 9.27. The summed E-state index contributed by atoms with van der Waals surface area (Å²) in [5.41, 5.74) is 1.95. The lowest BCUT2D eigenvalue weighted by Crippen LogP contribution is -2.45. The SMILES string of the molecule is Cc1ccc(C(=O)NC(C(=O)OCc2nnsc2Cl)C(C)C)cc1. The van der Waals surface area contributed by atoms with E-state index in [4.69, 9.17) is 16.3 Å². The van der Waals surface area contributed by atoms with Gasteiger partial charge in [-0.3, -0.25) is 4.79 Å². The molecule has 24 heavy (non-hydrogen) atoms. The number of hydrogen-bond acceptors (Lipinski definition) is 6. The predicted octanol–water partition coefficient (Wildman–Crippen LogP) is 3.00. The minimum absolute atomic E-state index is 0.0716. The Morgan fingerprint density at radius 1 is 1.29 bits per heavy atom. The van der Waals surface area contributed by atoms with Gasteiger partial charge in [0, 0.05) is 17.1 Å². The average molecular weight is 368 g/mol. The maximum atomic E-state index is 12.3. The molecule has 1 heterocycles. The van der Waals surface area contributed by atoms with Crippen LogP contribution in [0.1, 0.15) is 35.5 Å². The van der Waals surface area contributed by atoms with E-state index in [-0.39, 0.29) is 18.4 Å². The van der Waals surface area contributed by atoms with E-state index in [0.29, 0.717) is 15.6 Å². The number of carbonyl (C=O) groups is 2. The van der Waals surface area contributed by atoms with Gasteiger partial charge in [0.1, 0.15) is 22.7 Å². The van der Waals surface area contributed by atoms with E-state index in [1.807, 2.05) is 32.9 Å². The summed E-state index contributed by atoms with van der Waals surface area (Å²) in [6, 6.07) is 6.36. The van der Waals surface area contributed by atoms with Crippen LogP contribution < -0.4 is 5.32 Å². The molecule has 0 spiro atoms. The summed E-state index contributed by atoms with van der Waals surface area (Å²) in [5, 5.41) is 6.50. The lowest BCUT2D eigenvalue weighted by Gasteiger charge is -2.20. The summed E-state index contributed by atoms with van der Waals surface area (Å²) in [6.45, 7) is 5.53. The minimum Gasteiger partial charge on any atom is -0.457 e. The van der Waals surface area contributed by atoms with Crippen LogP contribution in [0.5, 0.6) is 0 Å². The van der Waals surface area contributed by atoms with Gasteiger partial charge < -0.3 is 10.1 Å². The van der Waals surface area contributed by atoms with Gasteiger partial charge in [0.25, 0.3) is 5.91 Å². The molecular weight excluding hydrogens is 350 g/mol. The van der Waals surface area contributed by atoms with Crippen molar-refractivity contribution in [3.8, 4) is 0 Å². The van der Waals surface area contributed by atoms with Crippen LogP contribution >= 0.6 is 23.1 Å². The zero-order valence-electron chi connectivity index (χ0n) is 13.6. The number of rotatable bonds is 6. The number of aromatic nitrogens is 2. The van der Waals surface area contributed by atoms with Crippen molar-refractivity contribution in [2.45, 2.75) is 33.4 Å². The van der Waals surface area contributed by atoms with E-state index >= 15 is 0 Å². The fraction of sp³-hybridized carbons (Fsp3) is 0.375. The number of esters is 1. The van der Waals surface area contributed by atoms with Gasteiger partial charge in [-0.1, -0.05) is 47.6 Å². The third-order valence-electron chi connectivity index (χ3n) is 3.38. The molecule has 1 atom stereocenters. The molecule has 1 aromatic carbocycles. The molecular formula is C16H18ClN3O3S. The van der Waals surface area contributed by atoms with Gasteiger partial charge >= 0.3 is 5.97 Å². The van der Waals surface area contributed by atoms with Crippen LogP contribution in [0.2, 0.25) is 4.34 Å². The third kappa shape index (κ3) is 4.75. The van der Waals surface area contributed by atoms with Gasteiger partial charge in [0.2, 0.25) is 0 Å². The summed E-state index contributed by atoms with van der Waals surface area (Å²) in [4.78, 5) is 24.6. The van der Waals surface area contributed by atoms with Crippen molar-refractivity contribution in [1.29, 1.82) is 0 Å². The number of amides is 1. The van der Waals surface area contributed by atoms with Gasteiger partial charge in [-0.25, -0.2) is 4.79 Å². The van der Waals surface area contributed by atoms with E-state index in [1.54, 1.807) is 12.1 Å². The molecule has 6 nitrogen and oxygen atoms in total. The van der Waals surface area contributed by atoms with Crippen LogP contribution in [-0.4, -0.2) is 27.5 Å². The quantitative estimate of drug-likeness (QED) is 0.794. The number of nitrogens with zero attached hydrogens (tertiary/aromatic N) is 2. The van der Waals surface area contributed by atoms with Crippen molar-refractivity contribution >= 4 is 35.0 Å². The molecule has 0 radical (unpaired) electrons. The molecule has 0 saturated heterocycles. The molecule has 2 aromatic rings. The van der Waals surface area contributed by atoms with E-state index in [9.17, 15) is 9.59 Å². The molecule has 2 rings (SSSR count). The molecule has 0 aliphatic rings. The standard InChI is InChI=1S/C16H18ClN3O3S/c1-9(2)13(16(22)23-8-12-14(17)24-20-19-12)18-15(21)11-6-4-10(3)5-7-11/h4-7,9,13H,8H2,1-3H3,(H,18,21). The van der Waals surface area contributed by atoms with Crippen LogP contribution in [0, 0.1) is 12.8 Å². The topological polar surface area (TPSA) is 81.2 Å². The summed E-state index contributed by atoms with van der Waals surface area (Å²) >= 11 is 6.90. The fourth-order valence-corrected chi connectivity index (χ4v) is 2.54. The molecule has 8 heteroatoms. The lowest BCUT2D eigenvalue weighted by atomic mass is 10.0. The maximum absolute atomic E-state index is 12.3. The second kappa shape index (κ2) is 8.21. The van der Waals surface area contributed by atoms with Gasteiger partial charge in [-0.05, 0) is 25.0 Å². The molecule has 0 aliphatic carbocycles. The van der Waals surface area contributed by atoms with Gasteiger partial charge in [0.15, 0.2) is 0 Å². The first-order chi connectivity index (χ1) is 11.4. The first-order valence-electron chi connectivity index (χ1n) is 7.39. The number of aryl methyl sites for hydroxylation is 1. The van der Waals surface area contributed by atoms with Crippen molar-refractivity contribution in [3.05, 3.63) is 45.4 Å². The van der Waals surface area contributed by atoms with Crippen molar-refractivity contribution < 1.29 is 14.3 Å². The zero-order chi connectivity index (χ0) is 17.7. The highest BCUT2D eigenvalue weighted by Crippen LogP contribution is 2.18. The van der Waals surface area contributed by atoms with Crippen LogP contribution in [0.25, 0.3) is 0 Å². The highest BCUT2D eigenvalue weighted by atomic mass is 35.5. The van der Waals surface area contributed by atoms with Gasteiger partial charge in [0.05, 0.1) is 0 Å². The predicted molar refractivity (Wildman–Crippen MR) is 92.0 cm³/mol. The normalized spacial score (nSPS) is 12.0. The Morgan fingerprint density at radius 3 is 2.50 bits per heavy atom. The molecule has 0 aliphatic heterocycles. The first kappa shape index (κ1) is 18.4. The summed E-state index contributed by atoms with van der Waals surface area (Å²) in [6.07, 6.45) is 0.